The Labute approximate surface area is 207 Å². The van der Waals surface area contributed by atoms with Gasteiger partial charge in [-0.15, -0.1) is 0 Å². The van der Waals surface area contributed by atoms with Crippen LogP contribution in [0.15, 0.2) is 72.8 Å². The maximum absolute atomic E-state index is 12.4. The van der Waals surface area contributed by atoms with Gasteiger partial charge in [-0.25, -0.2) is 5.48 Å². The third kappa shape index (κ3) is 6.89. The number of amides is 3. The molecule has 0 unspecified atom stereocenters. The summed E-state index contributed by atoms with van der Waals surface area (Å²) >= 11 is 0. The highest BCUT2D eigenvalue weighted by molar-refractivity contribution is 5.98. The number of hydrogen-bond acceptors (Lipinski definition) is 7. The molecule has 0 aliphatic carbocycles. The van der Waals surface area contributed by atoms with Crippen LogP contribution in [0.2, 0.25) is 0 Å². The SMILES string of the molecule is C[C@@H](O)[C@H](NC(=O)c1ccc(-c2ccc(NC(=O)[C@@H](N)Cc3ccc(O)cc3)cc2)cc1)C(=O)NO. The number of hydroxylamine groups is 1. The van der Waals surface area contributed by atoms with E-state index in [1.807, 2.05) is 12.1 Å². The molecule has 0 aliphatic rings. The first-order valence-corrected chi connectivity index (χ1v) is 11.2. The summed E-state index contributed by atoms with van der Waals surface area (Å²) in [5, 5.41) is 32.9. The summed E-state index contributed by atoms with van der Waals surface area (Å²) < 4.78 is 0. The van der Waals surface area contributed by atoms with Crippen molar-refractivity contribution >= 4 is 23.4 Å². The second kappa shape index (κ2) is 11.9. The molecule has 0 aromatic heterocycles. The van der Waals surface area contributed by atoms with E-state index in [4.69, 9.17) is 10.9 Å². The van der Waals surface area contributed by atoms with Crippen LogP contribution in [0.3, 0.4) is 0 Å². The van der Waals surface area contributed by atoms with E-state index in [9.17, 15) is 24.6 Å². The first-order valence-electron chi connectivity index (χ1n) is 11.2. The zero-order chi connectivity index (χ0) is 26.2. The van der Waals surface area contributed by atoms with Crippen molar-refractivity contribution in [2.24, 2.45) is 5.73 Å². The Morgan fingerprint density at radius 2 is 1.42 bits per heavy atom. The molecule has 0 saturated heterocycles. The van der Waals surface area contributed by atoms with Crippen molar-refractivity contribution in [3.05, 3.63) is 83.9 Å². The topological polar surface area (TPSA) is 174 Å². The molecule has 3 aromatic rings. The Balaban J connectivity index is 1.60. The van der Waals surface area contributed by atoms with Crippen LogP contribution in [0, 0.1) is 0 Å². The largest absolute Gasteiger partial charge is 0.508 e. The molecule has 0 fully saturated rings. The summed E-state index contributed by atoms with van der Waals surface area (Å²) in [5.74, 6) is -1.70. The van der Waals surface area contributed by atoms with E-state index in [0.717, 1.165) is 16.7 Å². The zero-order valence-corrected chi connectivity index (χ0v) is 19.5. The van der Waals surface area contributed by atoms with Crippen molar-refractivity contribution < 1.29 is 29.8 Å². The van der Waals surface area contributed by atoms with Crippen LogP contribution >= 0.6 is 0 Å². The molecule has 3 rings (SSSR count). The highest BCUT2D eigenvalue weighted by Crippen LogP contribution is 2.22. The van der Waals surface area contributed by atoms with Crippen molar-refractivity contribution in [3.63, 3.8) is 0 Å². The molecule has 3 aromatic carbocycles. The summed E-state index contributed by atoms with van der Waals surface area (Å²) in [4.78, 5) is 36.5. The highest BCUT2D eigenvalue weighted by atomic mass is 16.5. The number of benzene rings is 3. The van der Waals surface area contributed by atoms with Gasteiger partial charge in [-0.1, -0.05) is 36.4 Å². The predicted molar refractivity (Wildman–Crippen MR) is 133 cm³/mol. The molecule has 0 spiro atoms. The lowest BCUT2D eigenvalue weighted by atomic mass is 10.0. The van der Waals surface area contributed by atoms with Crippen LogP contribution in [0.4, 0.5) is 5.69 Å². The van der Waals surface area contributed by atoms with E-state index in [0.29, 0.717) is 12.1 Å². The number of hydrogen-bond donors (Lipinski definition) is 7. The van der Waals surface area contributed by atoms with Gasteiger partial charge in [0.05, 0.1) is 12.1 Å². The molecule has 0 saturated carbocycles. The number of nitrogens with one attached hydrogen (secondary N) is 3. The van der Waals surface area contributed by atoms with Gasteiger partial charge in [0.15, 0.2) is 0 Å². The summed E-state index contributed by atoms with van der Waals surface area (Å²) in [6.07, 6.45) is -0.881. The maximum Gasteiger partial charge on any atom is 0.268 e. The van der Waals surface area contributed by atoms with Crippen LogP contribution in [-0.2, 0) is 16.0 Å². The standard InChI is InChI=1S/C26H28N4O6/c1-15(31)23(26(35)30-36)29-24(33)19-6-4-17(5-7-19)18-8-10-20(11-9-18)28-25(34)22(27)14-16-2-12-21(32)13-3-16/h2-13,15,22-23,31-32,36H,14,27H2,1H3,(H,28,34)(H,29,33)(H,30,35)/t15-,22+,23+/m1/s1. The number of phenols is 1. The Kier molecular flexibility index (Phi) is 8.74. The minimum absolute atomic E-state index is 0.145. The number of aliphatic hydroxyl groups is 1. The fourth-order valence-electron chi connectivity index (χ4n) is 3.47. The van der Waals surface area contributed by atoms with E-state index >= 15 is 0 Å². The summed E-state index contributed by atoms with van der Waals surface area (Å²) in [6.45, 7) is 1.32. The number of anilines is 1. The lowest BCUT2D eigenvalue weighted by Crippen LogP contribution is -2.51. The van der Waals surface area contributed by atoms with Crippen LogP contribution in [0.1, 0.15) is 22.8 Å². The van der Waals surface area contributed by atoms with Crippen molar-refractivity contribution in [3.8, 4) is 16.9 Å². The molecular weight excluding hydrogens is 464 g/mol. The minimum atomic E-state index is -1.31. The number of carbonyl (C=O) groups excluding carboxylic acids is 3. The van der Waals surface area contributed by atoms with Gasteiger partial charge in [0, 0.05) is 11.3 Å². The van der Waals surface area contributed by atoms with Crippen molar-refractivity contribution in [2.75, 3.05) is 5.32 Å². The first kappa shape index (κ1) is 26.4. The summed E-state index contributed by atoms with van der Waals surface area (Å²) in [5.41, 5.74) is 10.8. The Hall–Kier alpha value is -4.25. The van der Waals surface area contributed by atoms with E-state index in [1.54, 1.807) is 60.7 Å². The second-order valence-electron chi connectivity index (χ2n) is 8.29. The van der Waals surface area contributed by atoms with Gasteiger partial charge in [-0.2, -0.15) is 0 Å². The van der Waals surface area contributed by atoms with Crippen molar-refractivity contribution in [2.45, 2.75) is 31.5 Å². The molecule has 8 N–H and O–H groups in total. The van der Waals surface area contributed by atoms with Gasteiger partial charge >= 0.3 is 0 Å². The molecule has 0 heterocycles. The fourth-order valence-corrected chi connectivity index (χ4v) is 3.47. The Morgan fingerprint density at radius 3 is 1.94 bits per heavy atom. The van der Waals surface area contributed by atoms with E-state index in [1.165, 1.54) is 12.4 Å². The van der Waals surface area contributed by atoms with Gasteiger partial charge in [0.2, 0.25) is 5.91 Å². The number of nitrogens with two attached hydrogens (primary N) is 1. The van der Waals surface area contributed by atoms with E-state index in [2.05, 4.69) is 10.6 Å². The number of rotatable bonds is 9. The van der Waals surface area contributed by atoms with Gasteiger partial charge in [0.1, 0.15) is 11.8 Å². The molecule has 10 heteroatoms. The molecule has 0 aliphatic heterocycles. The number of carbonyl (C=O) groups is 3. The van der Waals surface area contributed by atoms with Gasteiger partial charge in [0.25, 0.3) is 11.8 Å². The predicted octanol–water partition coefficient (Wildman–Crippen LogP) is 1.55. The third-order valence-electron chi connectivity index (χ3n) is 5.52. The minimum Gasteiger partial charge on any atom is -0.508 e. The number of phenolic OH excluding ortho intramolecular Hbond substituents is 1. The molecule has 0 bridgehead atoms. The molecule has 36 heavy (non-hydrogen) atoms. The van der Waals surface area contributed by atoms with Crippen LogP contribution in [0.5, 0.6) is 5.75 Å². The molecule has 3 amide bonds. The molecular formula is C26H28N4O6. The van der Waals surface area contributed by atoms with Crippen LogP contribution in [0.25, 0.3) is 11.1 Å². The summed E-state index contributed by atoms with van der Waals surface area (Å²) in [7, 11) is 0. The van der Waals surface area contributed by atoms with E-state index < -0.39 is 30.0 Å². The Bertz CT molecular complexity index is 1190. The third-order valence-corrected chi connectivity index (χ3v) is 5.52. The Morgan fingerprint density at radius 1 is 0.861 bits per heavy atom. The lowest BCUT2D eigenvalue weighted by Gasteiger charge is -2.19. The number of aromatic hydroxyl groups is 1. The van der Waals surface area contributed by atoms with Gasteiger partial charge < -0.3 is 26.6 Å². The molecule has 188 valence electrons. The fraction of sp³-hybridized carbons (Fsp3) is 0.192. The number of aliphatic hydroxyl groups excluding tert-OH is 1. The molecule has 10 nitrogen and oxygen atoms in total. The van der Waals surface area contributed by atoms with Gasteiger partial charge in [-0.05, 0) is 66.4 Å². The molecule has 0 radical (unpaired) electrons. The second-order valence-corrected chi connectivity index (χ2v) is 8.29. The smallest absolute Gasteiger partial charge is 0.268 e. The quantitative estimate of drug-likeness (QED) is 0.175. The van der Waals surface area contributed by atoms with Crippen molar-refractivity contribution in [1.82, 2.24) is 10.8 Å². The van der Waals surface area contributed by atoms with Gasteiger partial charge in [-0.3, -0.25) is 19.6 Å². The molecule has 3 atom stereocenters. The first-order chi connectivity index (χ1) is 17.2. The van der Waals surface area contributed by atoms with Crippen LogP contribution in [-0.4, -0.2) is 51.3 Å². The van der Waals surface area contributed by atoms with Crippen LogP contribution < -0.4 is 21.8 Å². The normalized spacial score (nSPS) is 13.2. The highest BCUT2D eigenvalue weighted by Gasteiger charge is 2.25. The monoisotopic (exact) mass is 492 g/mol. The van der Waals surface area contributed by atoms with E-state index in [-0.39, 0.29) is 17.2 Å². The van der Waals surface area contributed by atoms with Crippen molar-refractivity contribution in [1.29, 1.82) is 0 Å². The lowest BCUT2D eigenvalue weighted by molar-refractivity contribution is -0.133. The summed E-state index contributed by atoms with van der Waals surface area (Å²) in [6, 6.07) is 18.1. The average Bonchev–Trinajstić information content (AvgIpc) is 2.88. The zero-order valence-electron chi connectivity index (χ0n) is 19.5. The average molecular weight is 493 g/mol. The maximum atomic E-state index is 12.4.